The number of methoxy groups -OCH3 is 2. The van der Waals surface area contributed by atoms with Crippen LogP contribution < -0.4 is 20.3 Å². The van der Waals surface area contributed by atoms with Crippen molar-refractivity contribution in [1.29, 1.82) is 0 Å². The van der Waals surface area contributed by atoms with Gasteiger partial charge in [0.25, 0.3) is 5.56 Å². The van der Waals surface area contributed by atoms with Crippen molar-refractivity contribution >= 4 is 33.9 Å². The molecule has 0 bridgehead atoms. The number of aromatic amines is 1. The standard InChI is InChI=1S/C27H28N4O3S/c1-4-19-9-5-6-10-22(19)30-27(35)31(16-18-8-7-11-28-15-18)17-21-12-20-13-24(33-2)25(34-3)14-23(20)29-26(21)32/h5-15H,4,16-17H2,1-3H3,(H,29,32)(H,30,35). The highest BCUT2D eigenvalue weighted by Gasteiger charge is 2.16. The summed E-state index contributed by atoms with van der Waals surface area (Å²) >= 11 is 5.82. The topological polar surface area (TPSA) is 79.5 Å². The number of aryl methyl sites for hydroxylation is 1. The molecule has 0 aliphatic heterocycles. The van der Waals surface area contributed by atoms with Crippen LogP contribution in [0.15, 0.2) is 71.8 Å². The molecule has 4 rings (SSSR count). The third-order valence-corrected chi connectivity index (χ3v) is 6.17. The van der Waals surface area contributed by atoms with E-state index in [-0.39, 0.29) is 5.56 Å². The van der Waals surface area contributed by atoms with Crippen molar-refractivity contribution in [2.75, 3.05) is 19.5 Å². The Morgan fingerprint density at radius 1 is 1.03 bits per heavy atom. The van der Waals surface area contributed by atoms with Gasteiger partial charge in [0.05, 0.1) is 26.3 Å². The maximum atomic E-state index is 13.0. The van der Waals surface area contributed by atoms with Gasteiger partial charge in [-0.15, -0.1) is 0 Å². The van der Waals surface area contributed by atoms with Crippen LogP contribution in [-0.2, 0) is 19.5 Å². The number of aromatic nitrogens is 2. The fourth-order valence-corrected chi connectivity index (χ4v) is 4.20. The van der Waals surface area contributed by atoms with E-state index in [1.165, 1.54) is 5.56 Å². The van der Waals surface area contributed by atoms with Crippen molar-refractivity contribution in [3.63, 3.8) is 0 Å². The highest BCUT2D eigenvalue weighted by molar-refractivity contribution is 7.80. The first-order valence-corrected chi connectivity index (χ1v) is 11.7. The van der Waals surface area contributed by atoms with E-state index in [4.69, 9.17) is 21.7 Å². The summed E-state index contributed by atoms with van der Waals surface area (Å²) < 4.78 is 10.8. The first-order valence-electron chi connectivity index (χ1n) is 11.3. The Balaban J connectivity index is 1.68. The molecular formula is C27H28N4O3S. The smallest absolute Gasteiger partial charge is 0.253 e. The molecule has 8 heteroatoms. The van der Waals surface area contributed by atoms with E-state index in [9.17, 15) is 4.79 Å². The molecule has 4 aromatic rings. The van der Waals surface area contributed by atoms with Crippen molar-refractivity contribution in [3.8, 4) is 11.5 Å². The molecule has 0 aliphatic carbocycles. The lowest BCUT2D eigenvalue weighted by molar-refractivity contribution is 0.355. The van der Waals surface area contributed by atoms with Crippen LogP contribution in [0.1, 0.15) is 23.6 Å². The van der Waals surface area contributed by atoms with Crippen LogP contribution >= 0.6 is 12.2 Å². The minimum Gasteiger partial charge on any atom is -0.493 e. The number of ether oxygens (including phenoxy) is 2. The van der Waals surface area contributed by atoms with E-state index in [0.29, 0.717) is 40.8 Å². The molecule has 0 amide bonds. The van der Waals surface area contributed by atoms with Gasteiger partial charge in [-0.05, 0) is 54.0 Å². The number of benzene rings is 2. The van der Waals surface area contributed by atoms with Gasteiger partial charge in [-0.1, -0.05) is 31.2 Å². The van der Waals surface area contributed by atoms with Crippen molar-refractivity contribution < 1.29 is 9.47 Å². The second-order valence-corrected chi connectivity index (χ2v) is 8.46. The normalized spacial score (nSPS) is 10.7. The van der Waals surface area contributed by atoms with Crippen LogP contribution in [0.2, 0.25) is 0 Å². The lowest BCUT2D eigenvalue weighted by Gasteiger charge is -2.26. The van der Waals surface area contributed by atoms with Crippen LogP contribution in [-0.4, -0.2) is 34.2 Å². The quantitative estimate of drug-likeness (QED) is 0.342. The Labute approximate surface area is 209 Å². The zero-order valence-corrected chi connectivity index (χ0v) is 20.8. The molecule has 2 heterocycles. The van der Waals surface area contributed by atoms with Crippen molar-refractivity contribution in [2.45, 2.75) is 26.4 Å². The fraction of sp³-hybridized carbons (Fsp3) is 0.222. The van der Waals surface area contributed by atoms with Crippen molar-refractivity contribution in [2.24, 2.45) is 0 Å². The summed E-state index contributed by atoms with van der Waals surface area (Å²) in [6.45, 7) is 2.92. The molecule has 180 valence electrons. The second-order valence-electron chi connectivity index (χ2n) is 8.08. The highest BCUT2D eigenvalue weighted by Crippen LogP contribution is 2.31. The summed E-state index contributed by atoms with van der Waals surface area (Å²) in [5.74, 6) is 1.15. The Morgan fingerprint density at radius 2 is 1.80 bits per heavy atom. The third-order valence-electron chi connectivity index (χ3n) is 5.81. The van der Waals surface area contributed by atoms with Gasteiger partial charge in [0.15, 0.2) is 16.6 Å². The van der Waals surface area contributed by atoms with Gasteiger partial charge in [-0.3, -0.25) is 9.78 Å². The fourth-order valence-electron chi connectivity index (χ4n) is 3.96. The first-order chi connectivity index (χ1) is 17.0. The monoisotopic (exact) mass is 488 g/mol. The largest absolute Gasteiger partial charge is 0.493 e. The Bertz CT molecular complexity index is 1390. The second kappa shape index (κ2) is 11.0. The molecule has 0 unspecified atom stereocenters. The average Bonchev–Trinajstić information content (AvgIpc) is 2.88. The van der Waals surface area contributed by atoms with Gasteiger partial charge in [0, 0.05) is 41.6 Å². The maximum Gasteiger partial charge on any atom is 0.253 e. The Kier molecular flexibility index (Phi) is 7.62. The predicted molar refractivity (Wildman–Crippen MR) is 143 cm³/mol. The summed E-state index contributed by atoms with van der Waals surface area (Å²) in [5.41, 5.74) is 4.19. The lowest BCUT2D eigenvalue weighted by Crippen LogP contribution is -2.35. The number of nitrogens with one attached hydrogen (secondary N) is 2. The van der Waals surface area contributed by atoms with Crippen molar-refractivity contribution in [3.05, 3.63) is 94.0 Å². The van der Waals surface area contributed by atoms with Gasteiger partial charge in [0.2, 0.25) is 0 Å². The number of thiocarbonyl (C=S) groups is 1. The number of hydrogen-bond donors (Lipinski definition) is 2. The number of nitrogens with zero attached hydrogens (tertiary/aromatic N) is 2. The van der Waals surface area contributed by atoms with Gasteiger partial charge in [-0.25, -0.2) is 0 Å². The number of anilines is 1. The minimum absolute atomic E-state index is 0.183. The molecule has 0 atom stereocenters. The van der Waals surface area contributed by atoms with E-state index < -0.39 is 0 Å². The number of fused-ring (bicyclic) bond motifs is 1. The molecule has 0 radical (unpaired) electrons. The van der Waals surface area contributed by atoms with Crippen LogP contribution in [0.4, 0.5) is 5.69 Å². The number of hydrogen-bond acceptors (Lipinski definition) is 5. The summed E-state index contributed by atoms with van der Waals surface area (Å²) in [6.07, 6.45) is 4.42. The molecule has 0 spiro atoms. The number of pyridine rings is 2. The molecule has 2 aromatic heterocycles. The van der Waals surface area contributed by atoms with E-state index in [2.05, 4.69) is 28.3 Å². The van der Waals surface area contributed by atoms with Gasteiger partial charge in [-0.2, -0.15) is 0 Å². The summed E-state index contributed by atoms with van der Waals surface area (Å²) in [5, 5.41) is 4.75. The molecule has 0 aliphatic rings. The van der Waals surface area contributed by atoms with E-state index in [1.807, 2.05) is 47.4 Å². The average molecular weight is 489 g/mol. The Hall–Kier alpha value is -3.91. The first kappa shape index (κ1) is 24.2. The molecule has 2 N–H and O–H groups in total. The minimum atomic E-state index is -0.183. The zero-order valence-electron chi connectivity index (χ0n) is 20.0. The summed E-state index contributed by atoms with van der Waals surface area (Å²) in [4.78, 5) is 22.2. The maximum absolute atomic E-state index is 13.0. The number of rotatable bonds is 8. The molecule has 0 saturated heterocycles. The SMILES string of the molecule is CCc1ccccc1NC(=S)N(Cc1cccnc1)Cc1cc2cc(OC)c(OC)cc2[nH]c1=O. The number of H-pyrrole nitrogens is 1. The summed E-state index contributed by atoms with van der Waals surface area (Å²) in [6, 6.07) is 17.4. The van der Waals surface area contributed by atoms with E-state index in [0.717, 1.165) is 23.1 Å². The highest BCUT2D eigenvalue weighted by atomic mass is 32.1. The van der Waals surface area contributed by atoms with Crippen molar-refractivity contribution in [1.82, 2.24) is 14.9 Å². The lowest BCUT2D eigenvalue weighted by atomic mass is 10.1. The van der Waals surface area contributed by atoms with Gasteiger partial charge < -0.3 is 24.7 Å². The molecule has 35 heavy (non-hydrogen) atoms. The molecule has 2 aromatic carbocycles. The Morgan fingerprint density at radius 3 is 2.51 bits per heavy atom. The van der Waals surface area contributed by atoms with Crippen LogP contribution in [0.5, 0.6) is 11.5 Å². The molecule has 7 nitrogen and oxygen atoms in total. The van der Waals surface area contributed by atoms with Gasteiger partial charge in [0.1, 0.15) is 0 Å². The number of para-hydroxylation sites is 1. The van der Waals surface area contributed by atoms with E-state index >= 15 is 0 Å². The predicted octanol–water partition coefficient (Wildman–Crippen LogP) is 4.90. The van der Waals surface area contributed by atoms with Crippen LogP contribution in [0.25, 0.3) is 10.9 Å². The third kappa shape index (κ3) is 5.60. The molecular weight excluding hydrogens is 460 g/mol. The summed E-state index contributed by atoms with van der Waals surface area (Å²) in [7, 11) is 3.15. The van der Waals surface area contributed by atoms with Gasteiger partial charge >= 0.3 is 0 Å². The zero-order chi connectivity index (χ0) is 24.8. The molecule has 0 saturated carbocycles. The molecule has 0 fully saturated rings. The van der Waals surface area contributed by atoms with Crippen LogP contribution in [0, 0.1) is 0 Å². The van der Waals surface area contributed by atoms with E-state index in [1.54, 1.807) is 32.7 Å². The van der Waals surface area contributed by atoms with Crippen LogP contribution in [0.3, 0.4) is 0 Å².